The zero-order valence-corrected chi connectivity index (χ0v) is 15.6. The van der Waals surface area contributed by atoms with Crippen LogP contribution in [0.25, 0.3) is 16.8 Å². The molecule has 3 aromatic rings. The molecule has 2 N–H and O–H groups in total. The van der Waals surface area contributed by atoms with Crippen molar-refractivity contribution in [1.82, 2.24) is 24.6 Å². The lowest BCUT2D eigenvalue weighted by atomic mass is 9.89. The summed E-state index contributed by atoms with van der Waals surface area (Å²) in [5.41, 5.74) is -4.89. The number of rotatable bonds is 2. The van der Waals surface area contributed by atoms with E-state index >= 15 is 0 Å². The Morgan fingerprint density at radius 1 is 1.17 bits per heavy atom. The van der Waals surface area contributed by atoms with Crippen molar-refractivity contribution in [2.24, 2.45) is 5.41 Å². The van der Waals surface area contributed by atoms with Crippen molar-refractivity contribution in [3.05, 3.63) is 45.0 Å². The van der Waals surface area contributed by atoms with E-state index in [1.165, 1.54) is 18.7 Å². The maximum atomic E-state index is 14.3. The van der Waals surface area contributed by atoms with E-state index in [-0.39, 0.29) is 29.1 Å². The molecule has 0 aliphatic carbocycles. The molecule has 3 aromatic heterocycles. The Morgan fingerprint density at radius 2 is 1.87 bits per heavy atom. The van der Waals surface area contributed by atoms with Crippen LogP contribution in [0.1, 0.15) is 19.5 Å². The molecular weight excluding hydrogens is 415 g/mol. The number of nitrogens with one attached hydrogen (secondary N) is 2. The van der Waals surface area contributed by atoms with Crippen LogP contribution in [0.3, 0.4) is 0 Å². The molecule has 0 radical (unpaired) electrons. The van der Waals surface area contributed by atoms with E-state index in [2.05, 4.69) is 15.1 Å². The molecule has 1 saturated heterocycles. The lowest BCUT2D eigenvalue weighted by Crippen LogP contribution is -2.34. The smallest absolute Gasteiger partial charge is 0.348 e. The minimum atomic E-state index is -4.83. The quantitative estimate of drug-likeness (QED) is 0.608. The van der Waals surface area contributed by atoms with Gasteiger partial charge in [-0.05, 0) is 6.07 Å². The minimum absolute atomic E-state index is 0.118. The molecule has 0 saturated carbocycles. The van der Waals surface area contributed by atoms with Crippen LogP contribution in [-0.4, -0.2) is 43.6 Å². The molecule has 8 nitrogen and oxygen atoms in total. The Kier molecular flexibility index (Phi) is 4.09. The van der Waals surface area contributed by atoms with Crippen molar-refractivity contribution in [3.8, 4) is 11.3 Å². The van der Waals surface area contributed by atoms with Crippen molar-refractivity contribution in [1.29, 1.82) is 0 Å². The molecule has 0 bridgehead atoms. The first kappa shape index (κ1) is 20.0. The average molecular weight is 430 g/mol. The average Bonchev–Trinajstić information content (AvgIpc) is 3.11. The van der Waals surface area contributed by atoms with Gasteiger partial charge in [0.15, 0.2) is 11.5 Å². The maximum Gasteiger partial charge on any atom is 0.434 e. The van der Waals surface area contributed by atoms with Crippen LogP contribution in [0.2, 0.25) is 0 Å². The van der Waals surface area contributed by atoms with E-state index in [1.807, 2.05) is 4.98 Å². The number of hydrogen-bond acceptors (Lipinski definition) is 5. The third kappa shape index (κ3) is 3.04. The van der Waals surface area contributed by atoms with Crippen LogP contribution in [-0.2, 0) is 6.18 Å². The number of fused-ring (bicyclic) bond motifs is 1. The molecule has 1 aliphatic heterocycles. The predicted octanol–water partition coefficient (Wildman–Crippen LogP) is 2.27. The van der Waals surface area contributed by atoms with E-state index in [0.717, 1.165) is 12.3 Å². The van der Waals surface area contributed by atoms with Crippen LogP contribution >= 0.6 is 0 Å². The summed E-state index contributed by atoms with van der Waals surface area (Å²) in [7, 11) is 0. The lowest BCUT2D eigenvalue weighted by molar-refractivity contribution is -0.142. The first-order chi connectivity index (χ1) is 13.8. The topological polar surface area (TPSA) is 99.2 Å². The Morgan fingerprint density at radius 3 is 2.43 bits per heavy atom. The second-order valence-corrected chi connectivity index (χ2v) is 7.72. The van der Waals surface area contributed by atoms with E-state index in [0.29, 0.717) is 10.7 Å². The number of hydrogen-bond donors (Lipinski definition) is 2. The van der Waals surface area contributed by atoms with Gasteiger partial charge in [-0.25, -0.2) is 23.1 Å². The summed E-state index contributed by atoms with van der Waals surface area (Å²) < 4.78 is 69.6. The van der Waals surface area contributed by atoms with Crippen molar-refractivity contribution in [2.45, 2.75) is 25.9 Å². The second kappa shape index (κ2) is 6.12. The van der Waals surface area contributed by atoms with Gasteiger partial charge in [-0.15, -0.1) is 0 Å². The Balaban J connectivity index is 1.94. The van der Waals surface area contributed by atoms with Gasteiger partial charge in [-0.1, -0.05) is 13.8 Å². The number of nitrogens with zero attached hydrogens (tertiary/aromatic N) is 4. The number of halogens is 5. The van der Waals surface area contributed by atoms with Gasteiger partial charge in [-0.2, -0.15) is 18.3 Å². The summed E-state index contributed by atoms with van der Waals surface area (Å²) in [6.45, 7) is 1.84. The standard InChI is InChI=1S/C17H15F5N6O2/c1-15(2)6-27(7-16(15,18)19)12-10-3-9(8-4-24-14(30)25-13(8)29)26-28(10)11(5-23-12)17(20,21)22/h3-5H,6-7H2,1-2H3,(H2,24,25,29,30). The van der Waals surface area contributed by atoms with Gasteiger partial charge in [0.25, 0.3) is 11.5 Å². The summed E-state index contributed by atoms with van der Waals surface area (Å²) in [6.07, 6.45) is -3.31. The summed E-state index contributed by atoms with van der Waals surface area (Å²) in [5, 5.41) is 3.85. The highest BCUT2D eigenvalue weighted by atomic mass is 19.4. The SMILES string of the molecule is CC1(C)CN(c2ncc(C(F)(F)F)n3nc(-c4c[nH]c(=O)[nH]c4=O)cc23)CC1(F)F. The van der Waals surface area contributed by atoms with Crippen molar-refractivity contribution < 1.29 is 22.0 Å². The van der Waals surface area contributed by atoms with Crippen molar-refractivity contribution in [3.63, 3.8) is 0 Å². The zero-order valence-electron chi connectivity index (χ0n) is 15.6. The van der Waals surface area contributed by atoms with Gasteiger partial charge in [-0.3, -0.25) is 9.78 Å². The fourth-order valence-corrected chi connectivity index (χ4v) is 3.39. The number of alkyl halides is 5. The summed E-state index contributed by atoms with van der Waals surface area (Å²) >= 11 is 0. The molecule has 30 heavy (non-hydrogen) atoms. The zero-order chi connectivity index (χ0) is 22.1. The highest BCUT2D eigenvalue weighted by Gasteiger charge is 2.55. The molecule has 1 aliphatic rings. The molecule has 160 valence electrons. The Labute approximate surface area is 164 Å². The highest BCUT2D eigenvalue weighted by Crippen LogP contribution is 2.45. The normalized spacial score (nSPS) is 18.3. The Hall–Kier alpha value is -3.25. The highest BCUT2D eigenvalue weighted by molar-refractivity contribution is 5.75. The van der Waals surface area contributed by atoms with Gasteiger partial charge in [0, 0.05) is 18.2 Å². The number of aromatic amines is 2. The maximum absolute atomic E-state index is 14.3. The van der Waals surface area contributed by atoms with Gasteiger partial charge in [0.05, 0.1) is 18.3 Å². The van der Waals surface area contributed by atoms with Crippen LogP contribution in [0, 0.1) is 5.41 Å². The monoisotopic (exact) mass is 430 g/mol. The van der Waals surface area contributed by atoms with Crippen molar-refractivity contribution in [2.75, 3.05) is 18.0 Å². The second-order valence-electron chi connectivity index (χ2n) is 7.72. The van der Waals surface area contributed by atoms with Crippen molar-refractivity contribution >= 4 is 11.3 Å². The third-order valence-corrected chi connectivity index (χ3v) is 5.13. The first-order valence-electron chi connectivity index (χ1n) is 8.71. The summed E-state index contributed by atoms with van der Waals surface area (Å²) in [4.78, 5) is 32.4. The van der Waals surface area contributed by atoms with Gasteiger partial charge >= 0.3 is 11.9 Å². The van der Waals surface area contributed by atoms with E-state index in [4.69, 9.17) is 0 Å². The minimum Gasteiger partial charge on any atom is -0.348 e. The molecule has 0 amide bonds. The first-order valence-corrected chi connectivity index (χ1v) is 8.71. The number of H-pyrrole nitrogens is 2. The van der Waals surface area contributed by atoms with Gasteiger partial charge in [0.1, 0.15) is 11.2 Å². The van der Waals surface area contributed by atoms with Gasteiger partial charge < -0.3 is 9.88 Å². The number of aromatic nitrogens is 5. The molecule has 1 fully saturated rings. The van der Waals surface area contributed by atoms with Gasteiger partial charge in [0.2, 0.25) is 0 Å². The van der Waals surface area contributed by atoms with E-state index in [9.17, 15) is 31.5 Å². The van der Waals surface area contributed by atoms with E-state index in [1.54, 1.807) is 0 Å². The largest absolute Gasteiger partial charge is 0.434 e. The fourth-order valence-electron chi connectivity index (χ4n) is 3.39. The molecule has 0 unspecified atom stereocenters. The van der Waals surface area contributed by atoms with Crippen LogP contribution in [0.5, 0.6) is 0 Å². The molecule has 13 heteroatoms. The molecular formula is C17H15F5N6O2. The predicted molar refractivity (Wildman–Crippen MR) is 95.6 cm³/mol. The molecule has 4 heterocycles. The van der Waals surface area contributed by atoms with Crippen LogP contribution < -0.4 is 16.1 Å². The Bertz CT molecular complexity index is 1240. The molecule has 0 spiro atoms. The lowest BCUT2D eigenvalue weighted by Gasteiger charge is -2.24. The van der Waals surface area contributed by atoms with Crippen LogP contribution in [0.15, 0.2) is 28.0 Å². The molecule has 0 aromatic carbocycles. The van der Waals surface area contributed by atoms with Crippen LogP contribution in [0.4, 0.5) is 27.8 Å². The third-order valence-electron chi connectivity index (χ3n) is 5.13. The summed E-state index contributed by atoms with van der Waals surface area (Å²) in [6, 6.07) is 1.14. The molecule has 4 rings (SSSR count). The van der Waals surface area contributed by atoms with E-state index < -0.39 is 41.0 Å². The fraction of sp³-hybridized carbons (Fsp3) is 0.412. The summed E-state index contributed by atoms with van der Waals surface area (Å²) in [5.74, 6) is -3.21. The molecule has 0 atom stereocenters. The number of anilines is 1.